The molecule has 3 heteroatoms. The average Bonchev–Trinajstić information content (AvgIpc) is 1.64. The van der Waals surface area contributed by atoms with Gasteiger partial charge in [-0.1, -0.05) is 15.3 Å². The van der Waals surface area contributed by atoms with E-state index in [4.69, 9.17) is 0 Å². The van der Waals surface area contributed by atoms with Crippen molar-refractivity contribution in [3.63, 3.8) is 0 Å². The summed E-state index contributed by atoms with van der Waals surface area (Å²) in [7, 11) is 2.55. The molecule has 1 unspecified atom stereocenters. The minimum absolute atomic E-state index is 0.997. The van der Waals surface area contributed by atoms with Crippen molar-refractivity contribution in [1.29, 1.82) is 0 Å². The van der Waals surface area contributed by atoms with E-state index in [1.54, 1.807) is 0 Å². The van der Waals surface area contributed by atoms with Crippen LogP contribution in [-0.4, -0.2) is 4.98 Å². The Morgan fingerprint density at radius 2 is 2.25 bits per heavy atom. The van der Waals surface area contributed by atoms with Crippen LogP contribution in [0.3, 0.4) is 0 Å². The standard InChI is InChI=1S/C5H5INP/c6-4-2-1-3-5(8)7-4/h1-3H,8H2. The highest BCUT2D eigenvalue weighted by atomic mass is 127. The second-order valence-electron chi connectivity index (χ2n) is 1.39. The van der Waals surface area contributed by atoms with Crippen LogP contribution in [0.5, 0.6) is 0 Å². The summed E-state index contributed by atoms with van der Waals surface area (Å²) in [5, 5.41) is 0. The predicted molar refractivity (Wildman–Crippen MR) is 46.3 cm³/mol. The molecule has 1 nitrogen and oxygen atoms in total. The van der Waals surface area contributed by atoms with Gasteiger partial charge in [-0.15, -0.1) is 0 Å². The van der Waals surface area contributed by atoms with Crippen LogP contribution in [0, 0.1) is 3.70 Å². The van der Waals surface area contributed by atoms with Crippen molar-refractivity contribution in [1.82, 2.24) is 4.98 Å². The Kier molecular flexibility index (Phi) is 2.20. The van der Waals surface area contributed by atoms with Gasteiger partial charge >= 0.3 is 0 Å². The summed E-state index contributed by atoms with van der Waals surface area (Å²) in [5.41, 5.74) is 0.997. The van der Waals surface area contributed by atoms with Gasteiger partial charge in [-0.2, -0.15) is 0 Å². The van der Waals surface area contributed by atoms with E-state index in [0.29, 0.717) is 0 Å². The summed E-state index contributed by atoms with van der Waals surface area (Å²) in [6, 6.07) is 5.90. The molecule has 8 heavy (non-hydrogen) atoms. The minimum Gasteiger partial charge on any atom is -0.243 e. The largest absolute Gasteiger partial charge is 0.243 e. The van der Waals surface area contributed by atoms with Crippen LogP contribution in [0.15, 0.2) is 18.2 Å². The van der Waals surface area contributed by atoms with Crippen molar-refractivity contribution in [2.45, 2.75) is 0 Å². The normalized spacial score (nSPS) is 9.25. The molecular formula is C5H5INP. The number of pyridine rings is 1. The molecule has 0 spiro atoms. The maximum absolute atomic E-state index is 4.12. The molecule has 0 fully saturated rings. The third-order valence-electron chi connectivity index (χ3n) is 0.737. The van der Waals surface area contributed by atoms with Crippen molar-refractivity contribution in [3.8, 4) is 0 Å². The summed E-state index contributed by atoms with van der Waals surface area (Å²) in [5.74, 6) is 0. The molecule has 0 aliphatic carbocycles. The Hall–Kier alpha value is 0.310. The SMILES string of the molecule is Pc1cccc(I)n1. The lowest BCUT2D eigenvalue weighted by Gasteiger charge is -1.88. The van der Waals surface area contributed by atoms with Crippen LogP contribution in [0.25, 0.3) is 0 Å². The average molecular weight is 237 g/mol. The third-order valence-corrected chi connectivity index (χ3v) is 1.66. The van der Waals surface area contributed by atoms with E-state index in [-0.39, 0.29) is 0 Å². The van der Waals surface area contributed by atoms with Crippen molar-refractivity contribution >= 4 is 37.3 Å². The number of halogens is 1. The van der Waals surface area contributed by atoms with Crippen LogP contribution in [-0.2, 0) is 0 Å². The minimum atomic E-state index is 0.997. The Morgan fingerprint density at radius 3 is 2.62 bits per heavy atom. The highest BCUT2D eigenvalue weighted by molar-refractivity contribution is 14.1. The quantitative estimate of drug-likeness (QED) is 0.375. The number of hydrogen-bond acceptors (Lipinski definition) is 1. The van der Waals surface area contributed by atoms with Gasteiger partial charge in [0.1, 0.15) is 3.70 Å². The molecule has 0 amide bonds. The Labute approximate surface area is 64.2 Å². The lowest BCUT2D eigenvalue weighted by atomic mass is 10.5. The van der Waals surface area contributed by atoms with E-state index >= 15 is 0 Å². The molecule has 0 bridgehead atoms. The van der Waals surface area contributed by atoms with E-state index < -0.39 is 0 Å². The zero-order chi connectivity index (χ0) is 5.98. The van der Waals surface area contributed by atoms with Gasteiger partial charge in [0.15, 0.2) is 0 Å². The molecule has 0 aliphatic heterocycles. The molecule has 1 atom stereocenters. The van der Waals surface area contributed by atoms with E-state index in [0.717, 1.165) is 9.14 Å². The first-order valence-corrected chi connectivity index (χ1v) is 3.82. The Bertz CT molecular complexity index is 172. The van der Waals surface area contributed by atoms with E-state index in [1.807, 2.05) is 18.2 Å². The third kappa shape index (κ3) is 1.67. The fourth-order valence-corrected chi connectivity index (χ4v) is 1.42. The van der Waals surface area contributed by atoms with Crippen molar-refractivity contribution in [2.75, 3.05) is 0 Å². The Morgan fingerprint density at radius 1 is 1.50 bits per heavy atom. The maximum atomic E-state index is 4.12. The fourth-order valence-electron chi connectivity index (χ4n) is 0.424. The molecule has 0 aromatic carbocycles. The lowest BCUT2D eigenvalue weighted by molar-refractivity contribution is 1.33. The summed E-state index contributed by atoms with van der Waals surface area (Å²) in [6.07, 6.45) is 0. The van der Waals surface area contributed by atoms with Gasteiger partial charge in [-0.05, 0) is 34.7 Å². The molecule has 1 rings (SSSR count). The molecule has 1 heterocycles. The zero-order valence-corrected chi connectivity index (χ0v) is 7.45. The zero-order valence-electron chi connectivity index (χ0n) is 4.13. The topological polar surface area (TPSA) is 12.9 Å². The number of aromatic nitrogens is 1. The van der Waals surface area contributed by atoms with Crippen molar-refractivity contribution in [2.24, 2.45) is 0 Å². The molecule has 0 saturated carbocycles. The van der Waals surface area contributed by atoms with Gasteiger partial charge in [-0.25, -0.2) is 4.98 Å². The highest BCUT2D eigenvalue weighted by Crippen LogP contribution is 1.96. The van der Waals surface area contributed by atoms with Crippen LogP contribution in [0.2, 0.25) is 0 Å². The van der Waals surface area contributed by atoms with Gasteiger partial charge in [0.25, 0.3) is 0 Å². The summed E-state index contributed by atoms with van der Waals surface area (Å²) in [4.78, 5) is 4.12. The molecular weight excluding hydrogens is 232 g/mol. The van der Waals surface area contributed by atoms with Crippen LogP contribution in [0.4, 0.5) is 0 Å². The molecule has 1 aromatic heterocycles. The first-order chi connectivity index (χ1) is 3.79. The van der Waals surface area contributed by atoms with E-state index in [2.05, 4.69) is 36.8 Å². The fraction of sp³-hybridized carbons (Fsp3) is 0. The van der Waals surface area contributed by atoms with Gasteiger partial charge in [0.2, 0.25) is 0 Å². The molecule has 0 N–H and O–H groups in total. The van der Waals surface area contributed by atoms with Gasteiger partial charge < -0.3 is 0 Å². The van der Waals surface area contributed by atoms with E-state index in [1.165, 1.54) is 0 Å². The highest BCUT2D eigenvalue weighted by Gasteiger charge is 1.84. The smallest absolute Gasteiger partial charge is 0.102 e. The van der Waals surface area contributed by atoms with Crippen LogP contribution < -0.4 is 5.44 Å². The number of hydrogen-bond donors (Lipinski definition) is 0. The molecule has 0 aliphatic rings. The number of nitrogens with zero attached hydrogens (tertiary/aromatic N) is 1. The van der Waals surface area contributed by atoms with E-state index in [9.17, 15) is 0 Å². The first kappa shape index (κ1) is 6.43. The Balaban J connectivity index is 3.08. The second-order valence-corrected chi connectivity index (χ2v) is 3.08. The van der Waals surface area contributed by atoms with Crippen molar-refractivity contribution < 1.29 is 0 Å². The van der Waals surface area contributed by atoms with Crippen molar-refractivity contribution in [3.05, 3.63) is 21.9 Å². The van der Waals surface area contributed by atoms with Gasteiger partial charge in [0, 0.05) is 0 Å². The summed E-state index contributed by atoms with van der Waals surface area (Å²) < 4.78 is 1.04. The molecule has 0 radical (unpaired) electrons. The van der Waals surface area contributed by atoms with Crippen LogP contribution >= 0.6 is 31.8 Å². The molecule has 1 aromatic rings. The molecule has 0 saturated heterocycles. The second kappa shape index (κ2) is 2.74. The number of rotatable bonds is 0. The monoisotopic (exact) mass is 237 g/mol. The summed E-state index contributed by atoms with van der Waals surface area (Å²) in [6.45, 7) is 0. The van der Waals surface area contributed by atoms with Gasteiger partial charge in [-0.3, -0.25) is 0 Å². The predicted octanol–water partition coefficient (Wildman–Crippen LogP) is 1.19. The first-order valence-electron chi connectivity index (χ1n) is 2.17. The lowest BCUT2D eigenvalue weighted by Crippen LogP contribution is -1.96. The summed E-state index contributed by atoms with van der Waals surface area (Å²) >= 11 is 2.18. The van der Waals surface area contributed by atoms with Crippen LogP contribution in [0.1, 0.15) is 0 Å². The van der Waals surface area contributed by atoms with Gasteiger partial charge in [0.05, 0.1) is 5.44 Å². The molecule has 42 valence electrons. The maximum Gasteiger partial charge on any atom is 0.102 e.